The van der Waals surface area contributed by atoms with Crippen molar-refractivity contribution in [1.82, 2.24) is 0 Å². The molecular formula is C27H20O3. The number of esters is 1. The Bertz CT molecular complexity index is 1230. The molecule has 30 heavy (non-hydrogen) atoms. The third kappa shape index (κ3) is 3.18. The second kappa shape index (κ2) is 7.60. The Hall–Kier alpha value is -3.72. The molecule has 0 saturated heterocycles. The summed E-state index contributed by atoms with van der Waals surface area (Å²) in [6.07, 6.45) is 0.988. The summed E-state index contributed by atoms with van der Waals surface area (Å²) in [5, 5.41) is 2.11. The molecule has 0 fully saturated rings. The van der Waals surface area contributed by atoms with E-state index in [9.17, 15) is 9.59 Å². The summed E-state index contributed by atoms with van der Waals surface area (Å²) >= 11 is 0. The maximum Gasteiger partial charge on any atom is 0.339 e. The largest absolute Gasteiger partial charge is 0.445 e. The molecule has 0 amide bonds. The average molecular weight is 392 g/mol. The molecular weight excluding hydrogens is 372 g/mol. The summed E-state index contributed by atoms with van der Waals surface area (Å²) < 4.78 is 5.78. The summed E-state index contributed by atoms with van der Waals surface area (Å²) in [6.45, 7) is 0. The summed E-state index contributed by atoms with van der Waals surface area (Å²) in [7, 11) is 0. The molecule has 146 valence electrons. The SMILES string of the molecule is O=C(O[C@H](C(=O)c1ccc2c3c(cccc13)CC2)c1ccccc1)c1ccccc1. The molecule has 0 saturated carbocycles. The summed E-state index contributed by atoms with van der Waals surface area (Å²) in [5.74, 6) is -0.718. The van der Waals surface area contributed by atoms with Gasteiger partial charge in [0.05, 0.1) is 5.56 Å². The van der Waals surface area contributed by atoms with Gasteiger partial charge in [0.15, 0.2) is 6.10 Å². The van der Waals surface area contributed by atoms with Crippen molar-refractivity contribution in [2.75, 3.05) is 0 Å². The second-order valence-corrected chi connectivity index (χ2v) is 7.54. The molecule has 0 bridgehead atoms. The molecule has 4 aromatic rings. The van der Waals surface area contributed by atoms with E-state index in [1.807, 2.05) is 60.7 Å². The van der Waals surface area contributed by atoms with Gasteiger partial charge in [-0.05, 0) is 46.9 Å². The lowest BCUT2D eigenvalue weighted by Crippen LogP contribution is -2.20. The van der Waals surface area contributed by atoms with Crippen molar-refractivity contribution in [1.29, 1.82) is 0 Å². The Morgan fingerprint density at radius 1 is 0.700 bits per heavy atom. The van der Waals surface area contributed by atoms with Crippen LogP contribution in [0.2, 0.25) is 0 Å². The fourth-order valence-corrected chi connectivity index (χ4v) is 4.25. The number of carbonyl (C=O) groups is 2. The monoisotopic (exact) mass is 392 g/mol. The standard InChI is InChI=1S/C27H20O3/c28-25(23-17-16-19-15-14-18-12-7-13-22(23)24(18)19)26(20-8-3-1-4-9-20)30-27(29)21-10-5-2-6-11-21/h1-13,16-17,26H,14-15H2/t26-/m0/s1. The molecule has 0 heterocycles. The Morgan fingerprint density at radius 3 is 2.10 bits per heavy atom. The maximum atomic E-state index is 13.7. The lowest BCUT2D eigenvalue weighted by atomic mass is 9.93. The van der Waals surface area contributed by atoms with Gasteiger partial charge in [0.2, 0.25) is 5.78 Å². The molecule has 4 aromatic carbocycles. The van der Waals surface area contributed by atoms with E-state index >= 15 is 0 Å². The van der Waals surface area contributed by atoms with Gasteiger partial charge in [0.25, 0.3) is 0 Å². The van der Waals surface area contributed by atoms with Crippen LogP contribution in [0.4, 0.5) is 0 Å². The van der Waals surface area contributed by atoms with Crippen molar-refractivity contribution in [2.24, 2.45) is 0 Å². The number of hydrogen-bond acceptors (Lipinski definition) is 3. The van der Waals surface area contributed by atoms with E-state index in [1.54, 1.807) is 24.3 Å². The van der Waals surface area contributed by atoms with E-state index in [1.165, 1.54) is 16.5 Å². The lowest BCUT2D eigenvalue weighted by molar-refractivity contribution is 0.0280. The van der Waals surface area contributed by atoms with Gasteiger partial charge in [0.1, 0.15) is 0 Å². The van der Waals surface area contributed by atoms with Crippen LogP contribution in [0.3, 0.4) is 0 Å². The van der Waals surface area contributed by atoms with E-state index in [0.717, 1.165) is 18.2 Å². The molecule has 0 aliphatic heterocycles. The molecule has 5 rings (SSSR count). The van der Waals surface area contributed by atoms with Crippen LogP contribution >= 0.6 is 0 Å². The van der Waals surface area contributed by atoms with Gasteiger partial charge < -0.3 is 4.74 Å². The van der Waals surface area contributed by atoms with Crippen molar-refractivity contribution in [3.8, 4) is 0 Å². The predicted octanol–water partition coefficient (Wildman–Crippen LogP) is 5.72. The van der Waals surface area contributed by atoms with Gasteiger partial charge in [-0.25, -0.2) is 4.79 Å². The molecule has 0 spiro atoms. The topological polar surface area (TPSA) is 43.4 Å². The van der Waals surface area contributed by atoms with Gasteiger partial charge in [-0.2, -0.15) is 0 Å². The molecule has 0 unspecified atom stereocenters. The first-order chi connectivity index (χ1) is 14.7. The van der Waals surface area contributed by atoms with Crippen LogP contribution in [0.1, 0.15) is 43.5 Å². The predicted molar refractivity (Wildman–Crippen MR) is 117 cm³/mol. The first kappa shape index (κ1) is 18.3. The van der Waals surface area contributed by atoms with Gasteiger partial charge >= 0.3 is 5.97 Å². The molecule has 1 aliphatic rings. The summed E-state index contributed by atoms with van der Waals surface area (Å²) in [6, 6.07) is 28.0. The van der Waals surface area contributed by atoms with Gasteiger partial charge in [0, 0.05) is 11.1 Å². The number of rotatable bonds is 5. The summed E-state index contributed by atoms with van der Waals surface area (Å²) in [5.41, 5.74) is 4.22. The van der Waals surface area contributed by atoms with Gasteiger partial charge in [-0.1, -0.05) is 78.9 Å². The summed E-state index contributed by atoms with van der Waals surface area (Å²) in [4.78, 5) is 26.5. The van der Waals surface area contributed by atoms with Crippen LogP contribution in [0, 0.1) is 0 Å². The van der Waals surface area contributed by atoms with Crippen molar-refractivity contribution in [3.05, 3.63) is 119 Å². The Labute approximate surface area is 174 Å². The van der Waals surface area contributed by atoms with E-state index in [4.69, 9.17) is 4.74 Å². The van der Waals surface area contributed by atoms with Crippen LogP contribution in [0.25, 0.3) is 10.8 Å². The van der Waals surface area contributed by atoms with Crippen LogP contribution in [-0.2, 0) is 17.6 Å². The number of Topliss-reactive ketones (excluding diaryl/α,β-unsaturated/α-hetero) is 1. The second-order valence-electron chi connectivity index (χ2n) is 7.54. The highest BCUT2D eigenvalue weighted by Gasteiger charge is 2.29. The average Bonchev–Trinajstić information content (AvgIpc) is 3.23. The highest BCUT2D eigenvalue weighted by Crippen LogP contribution is 2.35. The zero-order chi connectivity index (χ0) is 20.5. The number of hydrogen-bond donors (Lipinski definition) is 0. The smallest absolute Gasteiger partial charge is 0.339 e. The number of benzene rings is 4. The van der Waals surface area contributed by atoms with Gasteiger partial charge in [-0.15, -0.1) is 0 Å². The fourth-order valence-electron chi connectivity index (χ4n) is 4.25. The molecule has 0 radical (unpaired) electrons. The normalized spacial score (nSPS) is 13.2. The van der Waals surface area contributed by atoms with Crippen molar-refractivity contribution in [3.63, 3.8) is 0 Å². The first-order valence-corrected chi connectivity index (χ1v) is 10.1. The highest BCUT2D eigenvalue weighted by atomic mass is 16.5. The highest BCUT2D eigenvalue weighted by molar-refractivity contribution is 6.12. The van der Waals surface area contributed by atoms with Crippen molar-refractivity contribution < 1.29 is 14.3 Å². The van der Waals surface area contributed by atoms with Crippen LogP contribution in [0.5, 0.6) is 0 Å². The van der Waals surface area contributed by atoms with Gasteiger partial charge in [-0.3, -0.25) is 4.79 Å². The maximum absolute atomic E-state index is 13.7. The molecule has 3 nitrogen and oxygen atoms in total. The third-order valence-electron chi connectivity index (χ3n) is 5.72. The Morgan fingerprint density at radius 2 is 1.37 bits per heavy atom. The molecule has 0 aromatic heterocycles. The minimum atomic E-state index is -1.00. The molecule has 1 atom stereocenters. The van der Waals surface area contributed by atoms with Crippen LogP contribution in [-0.4, -0.2) is 11.8 Å². The zero-order valence-electron chi connectivity index (χ0n) is 16.4. The number of ketones is 1. The van der Waals surface area contributed by atoms with E-state index < -0.39 is 12.1 Å². The van der Waals surface area contributed by atoms with E-state index in [2.05, 4.69) is 6.07 Å². The minimum absolute atomic E-state index is 0.207. The van der Waals surface area contributed by atoms with E-state index in [0.29, 0.717) is 16.7 Å². The lowest BCUT2D eigenvalue weighted by Gasteiger charge is -2.19. The van der Waals surface area contributed by atoms with Crippen molar-refractivity contribution in [2.45, 2.75) is 18.9 Å². The Balaban J connectivity index is 1.58. The number of ether oxygens (including phenoxy) is 1. The number of aryl methyl sites for hydroxylation is 2. The van der Waals surface area contributed by atoms with Crippen LogP contribution < -0.4 is 0 Å². The van der Waals surface area contributed by atoms with Crippen molar-refractivity contribution >= 4 is 22.5 Å². The molecule has 3 heteroatoms. The van der Waals surface area contributed by atoms with E-state index in [-0.39, 0.29) is 5.78 Å². The van der Waals surface area contributed by atoms with Crippen LogP contribution in [0.15, 0.2) is 91.0 Å². The third-order valence-corrected chi connectivity index (χ3v) is 5.72. The Kier molecular flexibility index (Phi) is 4.64. The fraction of sp³-hybridized carbons (Fsp3) is 0.111. The first-order valence-electron chi connectivity index (χ1n) is 10.1. The zero-order valence-corrected chi connectivity index (χ0v) is 16.4. The number of carbonyl (C=O) groups excluding carboxylic acids is 2. The molecule has 0 N–H and O–H groups in total. The minimum Gasteiger partial charge on any atom is -0.445 e. The molecule has 1 aliphatic carbocycles. The quantitative estimate of drug-likeness (QED) is 0.322.